The fraction of sp³-hybridized carbons (Fsp3) is 0.526. The van der Waals surface area contributed by atoms with Crippen molar-refractivity contribution in [2.45, 2.75) is 57.0 Å². The van der Waals surface area contributed by atoms with E-state index in [0.717, 1.165) is 32.1 Å². The number of rotatable bonds is 3. The van der Waals surface area contributed by atoms with Gasteiger partial charge in [0.1, 0.15) is 0 Å². The fourth-order valence-electron chi connectivity index (χ4n) is 3.99. The van der Waals surface area contributed by atoms with E-state index in [1.54, 1.807) is 0 Å². The predicted molar refractivity (Wildman–Crippen MR) is 83.9 cm³/mol. The van der Waals surface area contributed by atoms with Gasteiger partial charge in [-0.1, -0.05) is 36.4 Å². The van der Waals surface area contributed by atoms with E-state index >= 15 is 0 Å². The van der Waals surface area contributed by atoms with Crippen LogP contribution in [-0.4, -0.2) is 16.8 Å². The Labute approximate surface area is 126 Å². The van der Waals surface area contributed by atoms with Gasteiger partial charge in [0.05, 0.1) is 6.04 Å². The predicted octanol–water partition coefficient (Wildman–Crippen LogP) is 4.02. The second-order valence-corrected chi connectivity index (χ2v) is 6.71. The molecule has 3 aliphatic rings. The molecule has 3 aliphatic carbocycles. The second-order valence-electron chi connectivity index (χ2n) is 6.71. The maximum Gasteiger partial charge on any atom is 0.226 e. The highest BCUT2D eigenvalue weighted by Gasteiger charge is 2.42. The molecule has 0 saturated heterocycles. The van der Waals surface area contributed by atoms with Gasteiger partial charge in [-0.15, -0.1) is 0 Å². The molecule has 0 aliphatic heterocycles. The first kappa shape index (κ1) is 13.1. The summed E-state index contributed by atoms with van der Waals surface area (Å²) in [4.78, 5) is 15.3. The average molecular weight is 281 g/mol. The molecule has 1 saturated carbocycles. The van der Waals surface area contributed by atoms with Crippen molar-refractivity contribution in [3.05, 3.63) is 47.5 Å². The summed E-state index contributed by atoms with van der Waals surface area (Å²) in [6.45, 7) is 0. The number of carbonyl (C=O) groups excluding carboxylic acids is 1. The number of nitrogens with zero attached hydrogens (tertiary/aromatic N) is 1. The van der Waals surface area contributed by atoms with Crippen molar-refractivity contribution in [1.82, 2.24) is 4.90 Å². The van der Waals surface area contributed by atoms with E-state index in [2.05, 4.69) is 41.3 Å². The van der Waals surface area contributed by atoms with Crippen LogP contribution < -0.4 is 0 Å². The van der Waals surface area contributed by atoms with Crippen LogP contribution in [0.5, 0.6) is 0 Å². The summed E-state index contributed by atoms with van der Waals surface area (Å²) < 4.78 is 0. The number of aryl methyl sites for hydroxylation is 1. The van der Waals surface area contributed by atoms with E-state index < -0.39 is 0 Å². The third-order valence-electron chi connectivity index (χ3n) is 5.25. The van der Waals surface area contributed by atoms with E-state index in [1.807, 2.05) is 0 Å². The maximum atomic E-state index is 13.1. The largest absolute Gasteiger partial charge is 0.332 e. The van der Waals surface area contributed by atoms with Crippen LogP contribution in [-0.2, 0) is 11.2 Å². The molecule has 1 aromatic carbocycles. The van der Waals surface area contributed by atoms with Gasteiger partial charge in [-0.25, -0.2) is 0 Å². The molecular formula is C19H23NO. The van der Waals surface area contributed by atoms with Crippen LogP contribution in [0.15, 0.2) is 36.4 Å². The van der Waals surface area contributed by atoms with E-state index in [1.165, 1.54) is 24.0 Å². The molecule has 1 amide bonds. The van der Waals surface area contributed by atoms with Crippen LogP contribution >= 0.6 is 0 Å². The molecule has 4 rings (SSSR count). The van der Waals surface area contributed by atoms with Crippen LogP contribution in [0.1, 0.15) is 55.7 Å². The Bertz CT molecular complexity index is 573. The monoisotopic (exact) mass is 281 g/mol. The SMILES string of the molecule is O=C([C@@H]1CC=CCC1)N(C1CC1)[C@H]1CCc2ccccc21. The van der Waals surface area contributed by atoms with Gasteiger partial charge in [0.15, 0.2) is 0 Å². The highest BCUT2D eigenvalue weighted by atomic mass is 16.2. The van der Waals surface area contributed by atoms with Crippen molar-refractivity contribution >= 4 is 5.91 Å². The lowest BCUT2D eigenvalue weighted by molar-refractivity contribution is -0.139. The van der Waals surface area contributed by atoms with Crippen LogP contribution in [0.25, 0.3) is 0 Å². The van der Waals surface area contributed by atoms with Gasteiger partial charge in [0, 0.05) is 12.0 Å². The fourth-order valence-corrected chi connectivity index (χ4v) is 3.99. The lowest BCUT2D eigenvalue weighted by atomic mass is 9.92. The van der Waals surface area contributed by atoms with Crippen molar-refractivity contribution in [3.63, 3.8) is 0 Å². The topological polar surface area (TPSA) is 20.3 Å². The normalized spacial score (nSPS) is 27.4. The molecule has 1 fully saturated rings. The number of fused-ring (bicyclic) bond motifs is 1. The number of hydrogen-bond donors (Lipinski definition) is 0. The molecule has 0 radical (unpaired) electrons. The second kappa shape index (κ2) is 5.32. The summed E-state index contributed by atoms with van der Waals surface area (Å²) in [5.74, 6) is 0.645. The maximum absolute atomic E-state index is 13.1. The molecule has 2 atom stereocenters. The summed E-state index contributed by atoms with van der Waals surface area (Å²) in [5, 5.41) is 0. The highest BCUT2D eigenvalue weighted by Crippen LogP contribution is 2.43. The van der Waals surface area contributed by atoms with Gasteiger partial charge in [-0.2, -0.15) is 0 Å². The molecule has 110 valence electrons. The summed E-state index contributed by atoms with van der Waals surface area (Å²) in [6.07, 6.45) is 12.1. The van der Waals surface area contributed by atoms with Gasteiger partial charge < -0.3 is 4.90 Å². The minimum atomic E-state index is 0.225. The first-order chi connectivity index (χ1) is 10.3. The first-order valence-electron chi connectivity index (χ1n) is 8.39. The van der Waals surface area contributed by atoms with Crippen molar-refractivity contribution in [2.24, 2.45) is 5.92 Å². The molecule has 0 heterocycles. The summed E-state index contributed by atoms with van der Waals surface area (Å²) in [7, 11) is 0. The van der Waals surface area contributed by atoms with Crippen molar-refractivity contribution in [1.29, 1.82) is 0 Å². The summed E-state index contributed by atoms with van der Waals surface area (Å²) in [5.41, 5.74) is 2.86. The van der Waals surface area contributed by atoms with Gasteiger partial charge in [-0.3, -0.25) is 4.79 Å². The third kappa shape index (κ3) is 2.41. The Morgan fingerprint density at radius 3 is 2.67 bits per heavy atom. The van der Waals surface area contributed by atoms with E-state index in [4.69, 9.17) is 0 Å². The van der Waals surface area contributed by atoms with Gasteiger partial charge >= 0.3 is 0 Å². The van der Waals surface area contributed by atoms with E-state index in [9.17, 15) is 4.79 Å². The molecule has 2 heteroatoms. The molecule has 0 spiro atoms. The third-order valence-corrected chi connectivity index (χ3v) is 5.25. The standard InChI is InChI=1S/C19H23NO/c21-19(15-7-2-1-3-8-15)20(16-11-12-16)18-13-10-14-6-4-5-9-17(14)18/h1-2,4-6,9,15-16,18H,3,7-8,10-13H2/t15-,18+/m1/s1. The zero-order valence-corrected chi connectivity index (χ0v) is 12.5. The Kier molecular flexibility index (Phi) is 3.33. The van der Waals surface area contributed by atoms with Gasteiger partial charge in [0.2, 0.25) is 5.91 Å². The Morgan fingerprint density at radius 2 is 1.90 bits per heavy atom. The van der Waals surface area contributed by atoms with Gasteiger partial charge in [0.25, 0.3) is 0 Å². The first-order valence-corrected chi connectivity index (χ1v) is 8.39. The number of allylic oxidation sites excluding steroid dienone is 2. The zero-order chi connectivity index (χ0) is 14.2. The summed E-state index contributed by atoms with van der Waals surface area (Å²) >= 11 is 0. The quantitative estimate of drug-likeness (QED) is 0.766. The number of amides is 1. The van der Waals surface area contributed by atoms with Crippen molar-refractivity contribution in [3.8, 4) is 0 Å². The van der Waals surface area contributed by atoms with Crippen molar-refractivity contribution in [2.75, 3.05) is 0 Å². The van der Waals surface area contributed by atoms with E-state index in [0.29, 0.717) is 18.0 Å². The molecule has 0 bridgehead atoms. The Morgan fingerprint density at radius 1 is 1.05 bits per heavy atom. The Hall–Kier alpha value is -1.57. The molecule has 0 N–H and O–H groups in total. The number of carbonyl (C=O) groups is 1. The minimum Gasteiger partial charge on any atom is -0.332 e. The molecule has 21 heavy (non-hydrogen) atoms. The van der Waals surface area contributed by atoms with Gasteiger partial charge in [-0.05, 0) is 56.1 Å². The number of hydrogen-bond acceptors (Lipinski definition) is 1. The lowest BCUT2D eigenvalue weighted by Crippen LogP contribution is -2.40. The van der Waals surface area contributed by atoms with Crippen LogP contribution in [0.3, 0.4) is 0 Å². The minimum absolute atomic E-state index is 0.225. The van der Waals surface area contributed by atoms with E-state index in [-0.39, 0.29) is 5.92 Å². The molecular weight excluding hydrogens is 258 g/mol. The summed E-state index contributed by atoms with van der Waals surface area (Å²) in [6, 6.07) is 9.56. The Balaban J connectivity index is 1.61. The number of benzene rings is 1. The van der Waals surface area contributed by atoms with Crippen LogP contribution in [0.4, 0.5) is 0 Å². The molecule has 0 unspecified atom stereocenters. The zero-order valence-electron chi connectivity index (χ0n) is 12.5. The van der Waals surface area contributed by atoms with Crippen LogP contribution in [0.2, 0.25) is 0 Å². The molecule has 2 nitrogen and oxygen atoms in total. The van der Waals surface area contributed by atoms with Crippen LogP contribution in [0, 0.1) is 5.92 Å². The highest BCUT2D eigenvalue weighted by molar-refractivity contribution is 5.80. The molecule has 0 aromatic heterocycles. The molecule has 1 aromatic rings. The van der Waals surface area contributed by atoms with Crippen molar-refractivity contribution < 1.29 is 4.79 Å². The average Bonchev–Trinajstić information content (AvgIpc) is 3.29. The lowest BCUT2D eigenvalue weighted by Gasteiger charge is -2.33. The smallest absolute Gasteiger partial charge is 0.226 e.